The van der Waals surface area contributed by atoms with Crippen LogP contribution < -0.4 is 5.73 Å². The van der Waals surface area contributed by atoms with E-state index in [2.05, 4.69) is 6.07 Å². The van der Waals surface area contributed by atoms with Crippen molar-refractivity contribution in [2.24, 2.45) is 0 Å². The molecule has 1 amide bonds. The van der Waals surface area contributed by atoms with Gasteiger partial charge in [-0.1, -0.05) is 29.8 Å². The molecule has 0 spiro atoms. The highest BCUT2D eigenvalue weighted by molar-refractivity contribution is 7.16. The summed E-state index contributed by atoms with van der Waals surface area (Å²) in [5, 5.41) is 9.71. The summed E-state index contributed by atoms with van der Waals surface area (Å²) in [6.07, 6.45) is 4.13. The van der Waals surface area contributed by atoms with Gasteiger partial charge in [-0.05, 0) is 30.5 Å². The molecule has 23 heavy (non-hydrogen) atoms. The van der Waals surface area contributed by atoms with E-state index in [0.717, 1.165) is 16.0 Å². The van der Waals surface area contributed by atoms with Gasteiger partial charge in [-0.15, -0.1) is 11.3 Å². The number of nitrogens with two attached hydrogens (primary N) is 1. The van der Waals surface area contributed by atoms with Gasteiger partial charge in [-0.2, -0.15) is 5.26 Å². The van der Waals surface area contributed by atoms with E-state index in [4.69, 9.17) is 11.0 Å². The van der Waals surface area contributed by atoms with Crippen LogP contribution in [0.4, 0.5) is 5.00 Å². The molecule has 116 valence electrons. The van der Waals surface area contributed by atoms with Crippen molar-refractivity contribution in [3.8, 4) is 6.07 Å². The number of hydrogen-bond donors (Lipinski definition) is 1. The summed E-state index contributed by atoms with van der Waals surface area (Å²) in [6.45, 7) is 3.18. The van der Waals surface area contributed by atoms with Gasteiger partial charge in [0.25, 0.3) is 0 Å². The molecule has 2 N–H and O–H groups in total. The van der Waals surface area contributed by atoms with Crippen molar-refractivity contribution in [3.05, 3.63) is 57.5 Å². The summed E-state index contributed by atoms with van der Waals surface area (Å²) in [6, 6.07) is 10.2. The lowest BCUT2D eigenvalue weighted by molar-refractivity contribution is -0.126. The summed E-state index contributed by atoms with van der Waals surface area (Å²) in [5.74, 6) is -0.0123. The monoisotopic (exact) mass is 323 g/mol. The van der Waals surface area contributed by atoms with Crippen LogP contribution >= 0.6 is 11.3 Å². The number of nitriles is 1. The number of hydrogen-bond acceptors (Lipinski definition) is 4. The van der Waals surface area contributed by atoms with E-state index in [1.165, 1.54) is 16.9 Å². The van der Waals surface area contributed by atoms with Crippen molar-refractivity contribution in [2.75, 3.05) is 12.3 Å². The quantitative estimate of drug-likeness (QED) is 0.863. The van der Waals surface area contributed by atoms with Gasteiger partial charge in [0.15, 0.2) is 0 Å². The molecule has 1 aromatic carbocycles. The molecule has 0 saturated heterocycles. The number of carbonyl (C=O) groups is 1. The molecule has 0 bridgehead atoms. The van der Waals surface area contributed by atoms with Crippen LogP contribution in [0.25, 0.3) is 6.08 Å². The molecule has 0 atom stereocenters. The van der Waals surface area contributed by atoms with Crippen LogP contribution in [0.1, 0.15) is 27.1 Å². The second kappa shape index (κ2) is 6.27. The molecule has 1 aliphatic rings. The lowest BCUT2D eigenvalue weighted by Gasteiger charge is -2.25. The third kappa shape index (κ3) is 3.13. The van der Waals surface area contributed by atoms with E-state index in [1.807, 2.05) is 37.3 Å². The molecule has 0 aliphatic carbocycles. The van der Waals surface area contributed by atoms with Crippen molar-refractivity contribution in [1.82, 2.24) is 4.90 Å². The van der Waals surface area contributed by atoms with Crippen LogP contribution in [0.5, 0.6) is 0 Å². The SMILES string of the molecule is Cc1ccc(/C=C/C(=O)N2CCc3c(sc(N)c3C#N)C2)cc1. The van der Waals surface area contributed by atoms with E-state index < -0.39 is 0 Å². The van der Waals surface area contributed by atoms with E-state index >= 15 is 0 Å². The number of nitrogen functional groups attached to an aromatic ring is 1. The summed E-state index contributed by atoms with van der Waals surface area (Å²) < 4.78 is 0. The number of carbonyl (C=O) groups excluding carboxylic acids is 1. The highest BCUT2D eigenvalue weighted by Gasteiger charge is 2.25. The molecular formula is C18H17N3OS. The predicted octanol–water partition coefficient (Wildman–Crippen LogP) is 3.11. The average molecular weight is 323 g/mol. The predicted molar refractivity (Wildman–Crippen MR) is 92.8 cm³/mol. The maximum absolute atomic E-state index is 12.4. The van der Waals surface area contributed by atoms with E-state index in [-0.39, 0.29) is 5.91 Å². The maximum atomic E-state index is 12.4. The molecular weight excluding hydrogens is 306 g/mol. The molecule has 5 heteroatoms. The summed E-state index contributed by atoms with van der Waals surface area (Å²) in [7, 11) is 0. The van der Waals surface area contributed by atoms with Gasteiger partial charge in [0, 0.05) is 17.5 Å². The number of anilines is 1. The minimum atomic E-state index is -0.0123. The number of benzene rings is 1. The highest BCUT2D eigenvalue weighted by atomic mass is 32.1. The largest absolute Gasteiger partial charge is 0.389 e. The van der Waals surface area contributed by atoms with Crippen LogP contribution in [0, 0.1) is 18.3 Å². The minimum Gasteiger partial charge on any atom is -0.389 e. The Morgan fingerprint density at radius 1 is 1.39 bits per heavy atom. The lowest BCUT2D eigenvalue weighted by atomic mass is 10.0. The van der Waals surface area contributed by atoms with Crippen LogP contribution in [0.3, 0.4) is 0 Å². The van der Waals surface area contributed by atoms with Crippen molar-refractivity contribution in [2.45, 2.75) is 19.9 Å². The number of thiophene rings is 1. The summed E-state index contributed by atoms with van der Waals surface area (Å²) in [4.78, 5) is 15.2. The molecule has 1 aromatic heterocycles. The molecule has 1 aliphatic heterocycles. The maximum Gasteiger partial charge on any atom is 0.246 e. The summed E-state index contributed by atoms with van der Waals surface area (Å²) in [5.41, 5.74) is 9.69. The number of fused-ring (bicyclic) bond motifs is 1. The van der Waals surface area contributed by atoms with Crippen molar-refractivity contribution in [3.63, 3.8) is 0 Å². The van der Waals surface area contributed by atoms with Crippen LogP contribution in [-0.4, -0.2) is 17.4 Å². The Labute approximate surface area is 139 Å². The molecule has 0 saturated carbocycles. The Morgan fingerprint density at radius 2 is 2.13 bits per heavy atom. The molecule has 0 radical (unpaired) electrons. The zero-order chi connectivity index (χ0) is 16.4. The van der Waals surface area contributed by atoms with Crippen LogP contribution in [0.2, 0.25) is 0 Å². The summed E-state index contributed by atoms with van der Waals surface area (Å²) >= 11 is 1.42. The zero-order valence-corrected chi connectivity index (χ0v) is 13.7. The number of nitrogens with zero attached hydrogens (tertiary/aromatic N) is 2. The fourth-order valence-corrected chi connectivity index (χ4v) is 3.77. The lowest BCUT2D eigenvalue weighted by Crippen LogP contribution is -2.34. The van der Waals surface area contributed by atoms with Gasteiger partial charge in [-0.3, -0.25) is 4.79 Å². The fourth-order valence-electron chi connectivity index (χ4n) is 2.69. The van der Waals surface area contributed by atoms with Gasteiger partial charge in [0.05, 0.1) is 12.1 Å². The van der Waals surface area contributed by atoms with Gasteiger partial charge < -0.3 is 10.6 Å². The Balaban J connectivity index is 1.72. The zero-order valence-electron chi connectivity index (χ0n) is 12.9. The fraction of sp³-hybridized carbons (Fsp3) is 0.222. The first kappa shape index (κ1) is 15.3. The van der Waals surface area contributed by atoms with Crippen molar-refractivity contribution in [1.29, 1.82) is 5.26 Å². The third-order valence-electron chi connectivity index (χ3n) is 4.00. The normalized spacial score (nSPS) is 13.8. The Bertz CT molecular complexity index is 812. The molecule has 0 unspecified atom stereocenters. The molecule has 4 nitrogen and oxygen atoms in total. The molecule has 3 rings (SSSR count). The molecule has 2 heterocycles. The molecule has 0 fully saturated rings. The van der Waals surface area contributed by atoms with Crippen molar-refractivity contribution >= 4 is 28.3 Å². The van der Waals surface area contributed by atoms with E-state index in [9.17, 15) is 4.79 Å². The first-order chi connectivity index (χ1) is 11.1. The minimum absolute atomic E-state index is 0.0123. The van der Waals surface area contributed by atoms with Crippen LogP contribution in [0.15, 0.2) is 30.3 Å². The smallest absolute Gasteiger partial charge is 0.246 e. The topological polar surface area (TPSA) is 70.1 Å². The van der Waals surface area contributed by atoms with Gasteiger partial charge >= 0.3 is 0 Å². The van der Waals surface area contributed by atoms with Gasteiger partial charge in [-0.25, -0.2) is 0 Å². The third-order valence-corrected chi connectivity index (χ3v) is 5.05. The Kier molecular flexibility index (Phi) is 4.18. The highest BCUT2D eigenvalue weighted by Crippen LogP contribution is 2.34. The standard InChI is InChI=1S/C18H17N3OS/c1-12-2-4-13(5-3-12)6-7-17(22)21-9-8-14-15(10-19)18(20)23-16(14)11-21/h2-7H,8-9,11,20H2,1H3/b7-6+. The average Bonchev–Trinajstić information content (AvgIpc) is 2.88. The first-order valence-corrected chi connectivity index (χ1v) is 8.24. The number of aryl methyl sites for hydroxylation is 1. The molecule has 2 aromatic rings. The second-order valence-corrected chi connectivity index (χ2v) is 6.75. The van der Waals surface area contributed by atoms with Gasteiger partial charge in [0.1, 0.15) is 11.1 Å². The Hall–Kier alpha value is -2.58. The van der Waals surface area contributed by atoms with Crippen molar-refractivity contribution < 1.29 is 4.79 Å². The first-order valence-electron chi connectivity index (χ1n) is 7.42. The van der Waals surface area contributed by atoms with Gasteiger partial charge in [0.2, 0.25) is 5.91 Å². The van der Waals surface area contributed by atoms with Crippen LogP contribution in [-0.2, 0) is 17.8 Å². The van der Waals surface area contributed by atoms with E-state index in [1.54, 1.807) is 11.0 Å². The number of rotatable bonds is 2. The number of amides is 1. The second-order valence-electron chi connectivity index (χ2n) is 5.61. The van der Waals surface area contributed by atoms with E-state index in [0.29, 0.717) is 30.1 Å². The Morgan fingerprint density at radius 3 is 2.83 bits per heavy atom.